The third-order valence-electron chi connectivity index (χ3n) is 1.93. The molecule has 0 aliphatic heterocycles. The predicted octanol–water partition coefficient (Wildman–Crippen LogP) is -0.307. The number of nitrogens with zero attached hydrogens (tertiary/aromatic N) is 3. The van der Waals surface area contributed by atoms with Gasteiger partial charge in [-0.2, -0.15) is 0 Å². The second-order valence-electron chi connectivity index (χ2n) is 2.83. The number of hydrogen-bond donors (Lipinski definition) is 0. The Morgan fingerprint density at radius 3 is 2.62 bits per heavy atom. The minimum Gasteiger partial charge on any atom is -0.311 e. The Bertz CT molecular complexity index is 385. The van der Waals surface area contributed by atoms with Crippen molar-refractivity contribution in [3.63, 3.8) is 0 Å². The van der Waals surface area contributed by atoms with E-state index in [9.17, 15) is 0 Å². The SMILES string of the molecule is BBn1cc(-c2ccccc2)nn1. The van der Waals surface area contributed by atoms with E-state index in [4.69, 9.17) is 0 Å². The summed E-state index contributed by atoms with van der Waals surface area (Å²) < 4.78 is 1.82. The van der Waals surface area contributed by atoms with E-state index in [-0.39, 0.29) is 0 Å². The molecule has 0 aliphatic rings. The quantitative estimate of drug-likeness (QED) is 0.577. The number of benzene rings is 1. The standard InChI is InChI=1S/C8H9B2N3/c9-10-13-6-8(11-12-13)7-4-2-1-3-5-7/h1-6,10H,9H2. The molecule has 0 bridgehead atoms. The molecule has 0 atom stereocenters. The van der Waals surface area contributed by atoms with Crippen molar-refractivity contribution < 1.29 is 0 Å². The summed E-state index contributed by atoms with van der Waals surface area (Å²) in [4.78, 5) is 0. The van der Waals surface area contributed by atoms with Gasteiger partial charge in [0.25, 0.3) is 0 Å². The van der Waals surface area contributed by atoms with E-state index >= 15 is 0 Å². The lowest BCUT2D eigenvalue weighted by Gasteiger charge is -1.92. The van der Waals surface area contributed by atoms with Crippen LogP contribution in [0.15, 0.2) is 36.5 Å². The summed E-state index contributed by atoms with van der Waals surface area (Å²) in [6, 6.07) is 10.1. The lowest BCUT2D eigenvalue weighted by atomic mass is 9.67. The second-order valence-corrected chi connectivity index (χ2v) is 2.83. The molecule has 0 aliphatic carbocycles. The van der Waals surface area contributed by atoms with E-state index in [0.29, 0.717) is 0 Å². The van der Waals surface area contributed by atoms with Gasteiger partial charge in [-0.05, 0) is 0 Å². The van der Waals surface area contributed by atoms with Crippen LogP contribution in [-0.4, -0.2) is 29.9 Å². The van der Waals surface area contributed by atoms with Crippen LogP contribution in [0.5, 0.6) is 0 Å². The molecule has 0 saturated heterocycles. The van der Waals surface area contributed by atoms with E-state index < -0.39 is 0 Å². The van der Waals surface area contributed by atoms with Crippen molar-refractivity contribution in [1.29, 1.82) is 0 Å². The first-order chi connectivity index (χ1) is 6.40. The van der Waals surface area contributed by atoms with Crippen LogP contribution in [0.2, 0.25) is 0 Å². The zero-order valence-corrected chi connectivity index (χ0v) is 7.51. The van der Waals surface area contributed by atoms with Crippen LogP contribution in [0.25, 0.3) is 11.3 Å². The average molecular weight is 169 g/mol. The van der Waals surface area contributed by atoms with Gasteiger partial charge < -0.3 is 4.59 Å². The third kappa shape index (κ3) is 1.64. The Hall–Kier alpha value is -1.51. The number of hydrogen-bond acceptors (Lipinski definition) is 2. The smallest absolute Gasteiger partial charge is 0.225 e. The van der Waals surface area contributed by atoms with E-state index in [2.05, 4.69) is 10.3 Å². The summed E-state index contributed by atoms with van der Waals surface area (Å²) in [6.07, 6.45) is 1.95. The molecule has 0 radical (unpaired) electrons. The normalized spacial score (nSPS) is 9.85. The highest BCUT2D eigenvalue weighted by Crippen LogP contribution is 2.13. The topological polar surface area (TPSA) is 30.7 Å². The molecular formula is C8H9B2N3. The molecule has 2 aromatic rings. The van der Waals surface area contributed by atoms with E-state index in [1.807, 2.05) is 48.9 Å². The van der Waals surface area contributed by atoms with Crippen molar-refractivity contribution in [1.82, 2.24) is 14.9 Å². The highest BCUT2D eigenvalue weighted by Gasteiger charge is 2.00. The van der Waals surface area contributed by atoms with Gasteiger partial charge in [0.15, 0.2) is 0 Å². The molecular weight excluding hydrogens is 160 g/mol. The second kappa shape index (κ2) is 3.47. The first-order valence-electron chi connectivity index (χ1n) is 4.35. The highest BCUT2D eigenvalue weighted by molar-refractivity contribution is 6.88. The first kappa shape index (κ1) is 8.10. The molecule has 0 fully saturated rings. The Labute approximate surface area is 78.4 Å². The minimum absolute atomic E-state index is 0.861. The molecule has 0 saturated carbocycles. The van der Waals surface area contributed by atoms with Crippen LogP contribution >= 0.6 is 0 Å². The monoisotopic (exact) mass is 169 g/mol. The van der Waals surface area contributed by atoms with Crippen LogP contribution in [0.1, 0.15) is 0 Å². The van der Waals surface area contributed by atoms with Crippen molar-refractivity contribution in [3.05, 3.63) is 36.5 Å². The molecule has 0 spiro atoms. The van der Waals surface area contributed by atoms with Gasteiger partial charge in [0.2, 0.25) is 7.31 Å². The zero-order valence-electron chi connectivity index (χ0n) is 7.51. The average Bonchev–Trinajstić information content (AvgIpc) is 2.67. The van der Waals surface area contributed by atoms with Gasteiger partial charge in [0.1, 0.15) is 5.69 Å². The summed E-state index contributed by atoms with van der Waals surface area (Å²) in [5.41, 5.74) is 2.05. The lowest BCUT2D eigenvalue weighted by Crippen LogP contribution is -2.05. The molecule has 0 unspecified atom stereocenters. The summed E-state index contributed by atoms with van der Waals surface area (Å²) in [6.45, 7) is 0. The molecule has 0 N–H and O–H groups in total. The maximum Gasteiger partial charge on any atom is 0.225 e. The molecule has 2 rings (SSSR count). The van der Waals surface area contributed by atoms with Crippen LogP contribution in [0, 0.1) is 0 Å². The van der Waals surface area contributed by atoms with Gasteiger partial charge in [0.05, 0.1) is 7.74 Å². The number of aromatic nitrogens is 3. The summed E-state index contributed by atoms with van der Waals surface area (Å²) >= 11 is 0. The summed E-state index contributed by atoms with van der Waals surface area (Å²) in [5.74, 6) is 0. The van der Waals surface area contributed by atoms with Crippen molar-refractivity contribution in [2.45, 2.75) is 0 Å². The van der Waals surface area contributed by atoms with E-state index in [1.165, 1.54) is 0 Å². The van der Waals surface area contributed by atoms with Gasteiger partial charge in [0, 0.05) is 11.8 Å². The van der Waals surface area contributed by atoms with E-state index in [0.717, 1.165) is 18.6 Å². The van der Waals surface area contributed by atoms with Crippen LogP contribution in [0.3, 0.4) is 0 Å². The maximum absolute atomic E-state index is 4.07. The Morgan fingerprint density at radius 2 is 2.00 bits per heavy atom. The summed E-state index contributed by atoms with van der Waals surface area (Å²) in [7, 11) is 2.91. The highest BCUT2D eigenvalue weighted by atomic mass is 15.4. The molecule has 62 valence electrons. The van der Waals surface area contributed by atoms with Gasteiger partial charge >= 0.3 is 0 Å². The molecule has 5 heteroatoms. The van der Waals surface area contributed by atoms with Gasteiger partial charge in [-0.25, -0.2) is 0 Å². The van der Waals surface area contributed by atoms with Crippen LogP contribution < -0.4 is 0 Å². The molecule has 0 amide bonds. The number of rotatable bonds is 2. The van der Waals surface area contributed by atoms with Crippen LogP contribution in [0.4, 0.5) is 0 Å². The van der Waals surface area contributed by atoms with E-state index in [1.54, 1.807) is 0 Å². The Kier molecular flexibility index (Phi) is 2.17. The van der Waals surface area contributed by atoms with Crippen molar-refractivity contribution in [2.75, 3.05) is 0 Å². The Morgan fingerprint density at radius 1 is 1.23 bits per heavy atom. The lowest BCUT2D eigenvalue weighted by molar-refractivity contribution is 0.876. The Balaban J connectivity index is 2.36. The third-order valence-corrected chi connectivity index (χ3v) is 1.93. The fourth-order valence-corrected chi connectivity index (χ4v) is 1.19. The van der Waals surface area contributed by atoms with Crippen LogP contribution in [-0.2, 0) is 0 Å². The van der Waals surface area contributed by atoms with Crippen molar-refractivity contribution in [3.8, 4) is 11.3 Å². The predicted molar refractivity (Wildman–Crippen MR) is 56.5 cm³/mol. The molecule has 1 aromatic carbocycles. The molecule has 13 heavy (non-hydrogen) atoms. The van der Waals surface area contributed by atoms with Crippen molar-refractivity contribution >= 4 is 15.0 Å². The van der Waals surface area contributed by atoms with Gasteiger partial charge in [-0.3, -0.25) is 0 Å². The van der Waals surface area contributed by atoms with Gasteiger partial charge in [-0.15, -0.1) is 5.10 Å². The maximum atomic E-state index is 4.07. The fourth-order valence-electron chi connectivity index (χ4n) is 1.19. The minimum atomic E-state index is 0.861. The molecule has 1 aromatic heterocycles. The fraction of sp³-hybridized carbons (Fsp3) is 0. The van der Waals surface area contributed by atoms with Gasteiger partial charge in [-0.1, -0.05) is 35.5 Å². The molecule has 1 heterocycles. The first-order valence-corrected chi connectivity index (χ1v) is 4.35. The van der Waals surface area contributed by atoms with Crippen molar-refractivity contribution in [2.24, 2.45) is 0 Å². The largest absolute Gasteiger partial charge is 0.311 e. The zero-order chi connectivity index (χ0) is 9.10. The summed E-state index contributed by atoms with van der Waals surface area (Å²) in [5, 5.41) is 8.05. The molecule has 3 nitrogen and oxygen atoms in total.